The number of piperidine rings is 1. The Morgan fingerprint density at radius 2 is 2.26 bits per heavy atom. The molecule has 1 aromatic heterocycles. The van der Waals surface area contributed by atoms with E-state index in [0.29, 0.717) is 12.3 Å². The largest absolute Gasteiger partial charge is 0.336 e. The first-order chi connectivity index (χ1) is 11.3. The van der Waals surface area contributed by atoms with E-state index in [2.05, 4.69) is 16.0 Å². The summed E-state index contributed by atoms with van der Waals surface area (Å²) in [4.78, 5) is 19.0. The van der Waals surface area contributed by atoms with Crippen molar-refractivity contribution < 1.29 is 4.79 Å². The molecule has 0 N–H and O–H groups in total. The molecular formula is C18H26N2OS2. The molecule has 2 fully saturated rings. The zero-order chi connectivity index (χ0) is 15.9. The molecule has 2 saturated heterocycles. The Morgan fingerprint density at radius 1 is 1.30 bits per heavy atom. The molecule has 5 heteroatoms. The summed E-state index contributed by atoms with van der Waals surface area (Å²) in [5.74, 6) is 1.64. The van der Waals surface area contributed by atoms with Gasteiger partial charge in [0.25, 0.3) is 0 Å². The lowest BCUT2D eigenvalue weighted by Crippen LogP contribution is -2.38. The van der Waals surface area contributed by atoms with Crippen LogP contribution in [0.3, 0.4) is 0 Å². The van der Waals surface area contributed by atoms with Gasteiger partial charge in [-0.3, -0.25) is 9.78 Å². The van der Waals surface area contributed by atoms with Crippen molar-refractivity contribution in [1.82, 2.24) is 9.88 Å². The van der Waals surface area contributed by atoms with Gasteiger partial charge in [0.1, 0.15) is 0 Å². The zero-order valence-corrected chi connectivity index (χ0v) is 15.3. The second-order valence-corrected chi connectivity index (χ2v) is 9.25. The fourth-order valence-electron chi connectivity index (χ4n) is 3.51. The van der Waals surface area contributed by atoms with Crippen LogP contribution in [0.2, 0.25) is 0 Å². The van der Waals surface area contributed by atoms with Crippen LogP contribution in [0, 0.1) is 0 Å². The van der Waals surface area contributed by atoms with Gasteiger partial charge in [-0.2, -0.15) is 0 Å². The van der Waals surface area contributed by atoms with E-state index in [4.69, 9.17) is 0 Å². The monoisotopic (exact) mass is 350 g/mol. The van der Waals surface area contributed by atoms with Gasteiger partial charge in [0, 0.05) is 36.4 Å². The zero-order valence-electron chi connectivity index (χ0n) is 13.7. The van der Waals surface area contributed by atoms with Crippen LogP contribution in [-0.4, -0.2) is 33.3 Å². The Balaban J connectivity index is 1.48. The van der Waals surface area contributed by atoms with Gasteiger partial charge < -0.3 is 4.90 Å². The molecule has 0 aromatic carbocycles. The van der Waals surface area contributed by atoms with Crippen molar-refractivity contribution in [1.29, 1.82) is 0 Å². The molecule has 0 spiro atoms. The summed E-state index contributed by atoms with van der Waals surface area (Å²) >= 11 is 0. The Morgan fingerprint density at radius 3 is 3.04 bits per heavy atom. The van der Waals surface area contributed by atoms with Crippen LogP contribution in [0.15, 0.2) is 24.5 Å². The van der Waals surface area contributed by atoms with Gasteiger partial charge in [0.05, 0.1) is 6.04 Å². The van der Waals surface area contributed by atoms with Crippen LogP contribution < -0.4 is 0 Å². The van der Waals surface area contributed by atoms with Crippen molar-refractivity contribution in [2.45, 2.75) is 62.7 Å². The van der Waals surface area contributed by atoms with E-state index in [1.54, 1.807) is 6.20 Å². The van der Waals surface area contributed by atoms with E-state index in [9.17, 15) is 4.79 Å². The van der Waals surface area contributed by atoms with Gasteiger partial charge >= 0.3 is 0 Å². The third-order valence-corrected chi connectivity index (χ3v) is 7.79. The fourth-order valence-corrected chi connectivity index (χ4v) is 6.53. The molecule has 1 amide bonds. The molecule has 0 unspecified atom stereocenters. The summed E-state index contributed by atoms with van der Waals surface area (Å²) in [6.45, 7) is 0.910. The first-order valence-corrected chi connectivity index (χ1v) is 11.2. The number of rotatable bonds is 6. The van der Waals surface area contributed by atoms with E-state index in [-0.39, 0.29) is 6.04 Å². The van der Waals surface area contributed by atoms with Crippen molar-refractivity contribution in [3.8, 4) is 0 Å². The van der Waals surface area contributed by atoms with Crippen LogP contribution >= 0.6 is 21.6 Å². The lowest BCUT2D eigenvalue weighted by atomic mass is 9.95. The molecular weight excluding hydrogens is 324 g/mol. The average Bonchev–Trinajstić information content (AvgIpc) is 3.13. The number of aromatic nitrogens is 1. The molecule has 23 heavy (non-hydrogen) atoms. The molecule has 2 atom stereocenters. The highest BCUT2D eigenvalue weighted by Crippen LogP contribution is 2.40. The Kier molecular flexibility index (Phi) is 6.69. The molecule has 3 heterocycles. The first-order valence-electron chi connectivity index (χ1n) is 8.82. The summed E-state index contributed by atoms with van der Waals surface area (Å²) < 4.78 is 0. The van der Waals surface area contributed by atoms with Crippen molar-refractivity contribution in [2.24, 2.45) is 0 Å². The molecule has 3 nitrogen and oxygen atoms in total. The molecule has 0 bridgehead atoms. The third-order valence-electron chi connectivity index (χ3n) is 4.79. The lowest BCUT2D eigenvalue weighted by Gasteiger charge is -2.36. The lowest BCUT2D eigenvalue weighted by molar-refractivity contribution is -0.135. The molecule has 126 valence electrons. The Hall–Kier alpha value is -0.680. The highest BCUT2D eigenvalue weighted by atomic mass is 33.1. The molecule has 3 rings (SSSR count). The maximum atomic E-state index is 12.7. The number of amides is 1. The highest BCUT2D eigenvalue weighted by Gasteiger charge is 2.27. The summed E-state index contributed by atoms with van der Waals surface area (Å²) in [7, 11) is 4.04. The first kappa shape index (κ1) is 17.2. The number of nitrogens with zero attached hydrogens (tertiary/aromatic N) is 2. The van der Waals surface area contributed by atoms with Gasteiger partial charge in [-0.15, -0.1) is 0 Å². The van der Waals surface area contributed by atoms with E-state index in [0.717, 1.165) is 31.1 Å². The predicted octanol–water partition coefficient (Wildman–Crippen LogP) is 4.85. The average molecular weight is 351 g/mol. The Bertz CT molecular complexity index is 491. The fraction of sp³-hybridized carbons (Fsp3) is 0.667. The minimum atomic E-state index is 0.242. The van der Waals surface area contributed by atoms with Gasteiger partial charge in [-0.05, 0) is 50.2 Å². The van der Waals surface area contributed by atoms with Crippen LogP contribution in [0.1, 0.15) is 63.0 Å². The summed E-state index contributed by atoms with van der Waals surface area (Å²) in [5, 5.41) is 0.827. The summed E-state index contributed by atoms with van der Waals surface area (Å²) in [6, 6.07) is 4.33. The standard InChI is InChI=1S/C18H26N2OS2/c21-18(9-2-1-7-16-10-13-22-23-16)20-12-4-3-8-17(20)15-6-5-11-19-14-15/h5-6,11,14,16-17H,1-4,7-10,12-13H2/t16-,17-/m1/s1. The Labute approximate surface area is 147 Å². The van der Waals surface area contributed by atoms with Crippen LogP contribution in [0.25, 0.3) is 0 Å². The van der Waals surface area contributed by atoms with Crippen molar-refractivity contribution in [3.05, 3.63) is 30.1 Å². The van der Waals surface area contributed by atoms with E-state index in [1.807, 2.05) is 33.9 Å². The third kappa shape index (κ3) is 4.90. The van der Waals surface area contributed by atoms with Crippen LogP contribution in [0.5, 0.6) is 0 Å². The predicted molar refractivity (Wildman–Crippen MR) is 99.5 cm³/mol. The number of pyridine rings is 1. The second kappa shape index (κ2) is 8.97. The normalized spacial score (nSPS) is 24.8. The van der Waals surface area contributed by atoms with E-state index in [1.165, 1.54) is 37.0 Å². The van der Waals surface area contributed by atoms with E-state index < -0.39 is 0 Å². The van der Waals surface area contributed by atoms with Gasteiger partial charge in [0.15, 0.2) is 0 Å². The van der Waals surface area contributed by atoms with Crippen molar-refractivity contribution >= 4 is 27.5 Å². The van der Waals surface area contributed by atoms with Crippen LogP contribution in [-0.2, 0) is 4.79 Å². The topological polar surface area (TPSA) is 33.2 Å². The molecule has 0 aliphatic carbocycles. The number of hydrogen-bond donors (Lipinski definition) is 0. The molecule has 2 aliphatic heterocycles. The van der Waals surface area contributed by atoms with Gasteiger partial charge in [0.2, 0.25) is 5.91 Å². The maximum Gasteiger partial charge on any atom is 0.223 e. The maximum absolute atomic E-state index is 12.7. The van der Waals surface area contributed by atoms with Gasteiger partial charge in [-0.25, -0.2) is 0 Å². The molecule has 0 saturated carbocycles. The number of carbonyl (C=O) groups is 1. The summed E-state index contributed by atoms with van der Waals surface area (Å²) in [5.41, 5.74) is 1.19. The SMILES string of the molecule is O=C(CCCC[C@@H]1CCSS1)N1CCCC[C@@H]1c1cccnc1. The van der Waals surface area contributed by atoms with Crippen molar-refractivity contribution in [2.75, 3.05) is 12.3 Å². The van der Waals surface area contributed by atoms with Crippen molar-refractivity contribution in [3.63, 3.8) is 0 Å². The molecule has 0 radical (unpaired) electrons. The highest BCUT2D eigenvalue weighted by molar-refractivity contribution is 8.77. The van der Waals surface area contributed by atoms with Crippen LogP contribution in [0.4, 0.5) is 0 Å². The minimum Gasteiger partial charge on any atom is -0.336 e. The smallest absolute Gasteiger partial charge is 0.223 e. The second-order valence-electron chi connectivity index (χ2n) is 6.46. The quantitative estimate of drug-likeness (QED) is 0.542. The summed E-state index contributed by atoms with van der Waals surface area (Å²) in [6.07, 6.45) is 12.7. The molecule has 1 aromatic rings. The number of hydrogen-bond acceptors (Lipinski definition) is 4. The minimum absolute atomic E-state index is 0.242. The number of unbranched alkanes of at least 4 members (excludes halogenated alkanes) is 1. The van der Waals surface area contributed by atoms with E-state index >= 15 is 0 Å². The number of carbonyl (C=O) groups excluding carboxylic acids is 1. The number of likely N-dealkylation sites (tertiary alicyclic amines) is 1. The molecule has 2 aliphatic rings. The van der Waals surface area contributed by atoms with Gasteiger partial charge in [-0.1, -0.05) is 34.1 Å².